The van der Waals surface area contributed by atoms with E-state index in [2.05, 4.69) is 21.0 Å². The van der Waals surface area contributed by atoms with Crippen LogP contribution in [0.5, 0.6) is 0 Å². The minimum atomic E-state index is -3.36. The molecular weight excluding hydrogens is 354 g/mol. The number of halogens is 1. The molecule has 112 valence electrons. The maximum atomic E-state index is 12.5. The normalized spacial score (nSPS) is 17.0. The van der Waals surface area contributed by atoms with Crippen LogP contribution in [0.15, 0.2) is 46.0 Å². The summed E-state index contributed by atoms with van der Waals surface area (Å²) in [5.74, 6) is 0. The molecule has 0 radical (unpaired) electrons. The first-order valence-electron chi connectivity index (χ1n) is 6.88. The molecule has 0 atom stereocenters. The van der Waals surface area contributed by atoms with Crippen molar-refractivity contribution >= 4 is 26.0 Å². The zero-order valence-corrected chi connectivity index (χ0v) is 13.8. The summed E-state index contributed by atoms with van der Waals surface area (Å²) in [5, 5.41) is 4.18. The van der Waals surface area contributed by atoms with Crippen molar-refractivity contribution < 1.29 is 8.42 Å². The summed E-state index contributed by atoms with van der Waals surface area (Å²) in [5.41, 5.74) is 0.832. The fourth-order valence-electron chi connectivity index (χ4n) is 2.47. The molecule has 1 fully saturated rings. The molecule has 0 N–H and O–H groups in total. The molecule has 0 spiro atoms. The van der Waals surface area contributed by atoms with Gasteiger partial charge in [0, 0.05) is 19.3 Å². The Hall–Kier alpha value is -1.18. The molecular formula is C14H16BrN3O2S. The van der Waals surface area contributed by atoms with Crippen LogP contribution in [-0.4, -0.2) is 35.6 Å². The number of piperidine rings is 1. The van der Waals surface area contributed by atoms with E-state index in [1.807, 2.05) is 6.20 Å². The van der Waals surface area contributed by atoms with Gasteiger partial charge in [0.25, 0.3) is 0 Å². The van der Waals surface area contributed by atoms with Gasteiger partial charge in [-0.2, -0.15) is 9.40 Å². The highest BCUT2D eigenvalue weighted by Crippen LogP contribution is 2.22. The molecule has 1 saturated heterocycles. The predicted molar refractivity (Wildman–Crippen MR) is 83.9 cm³/mol. The van der Waals surface area contributed by atoms with Gasteiger partial charge in [-0.1, -0.05) is 6.42 Å². The molecule has 2 heterocycles. The van der Waals surface area contributed by atoms with Crippen LogP contribution in [0.3, 0.4) is 0 Å². The number of rotatable bonds is 3. The molecule has 0 amide bonds. The Morgan fingerprint density at radius 2 is 1.71 bits per heavy atom. The number of nitrogens with zero attached hydrogens (tertiary/aromatic N) is 3. The first-order valence-corrected chi connectivity index (χ1v) is 9.11. The third kappa shape index (κ3) is 3.04. The minimum absolute atomic E-state index is 0.347. The molecule has 5 nitrogen and oxygen atoms in total. The van der Waals surface area contributed by atoms with Crippen molar-refractivity contribution in [1.82, 2.24) is 14.1 Å². The highest BCUT2D eigenvalue weighted by atomic mass is 79.9. The Labute approximate surface area is 132 Å². The van der Waals surface area contributed by atoms with Crippen molar-refractivity contribution in [3.05, 3.63) is 41.1 Å². The largest absolute Gasteiger partial charge is 0.243 e. The van der Waals surface area contributed by atoms with E-state index >= 15 is 0 Å². The summed E-state index contributed by atoms with van der Waals surface area (Å²) in [6.07, 6.45) is 6.52. The van der Waals surface area contributed by atoms with Gasteiger partial charge in [0.2, 0.25) is 10.0 Å². The van der Waals surface area contributed by atoms with E-state index in [1.165, 1.54) is 0 Å². The molecule has 1 aliphatic rings. The summed E-state index contributed by atoms with van der Waals surface area (Å²) in [6, 6.07) is 6.84. The van der Waals surface area contributed by atoms with E-state index in [4.69, 9.17) is 0 Å². The number of hydrogen-bond acceptors (Lipinski definition) is 3. The van der Waals surface area contributed by atoms with Crippen LogP contribution in [0.25, 0.3) is 5.69 Å². The fraction of sp³-hybridized carbons (Fsp3) is 0.357. The summed E-state index contributed by atoms with van der Waals surface area (Å²) in [6.45, 7) is 1.24. The summed E-state index contributed by atoms with van der Waals surface area (Å²) >= 11 is 3.34. The van der Waals surface area contributed by atoms with Gasteiger partial charge in [0.15, 0.2) is 0 Å². The molecule has 0 saturated carbocycles. The van der Waals surface area contributed by atoms with Crippen molar-refractivity contribution in [1.29, 1.82) is 0 Å². The van der Waals surface area contributed by atoms with E-state index in [0.717, 1.165) is 29.4 Å². The Balaban J connectivity index is 1.86. The van der Waals surface area contributed by atoms with Crippen LogP contribution >= 0.6 is 15.9 Å². The molecule has 1 aromatic carbocycles. The maximum absolute atomic E-state index is 12.5. The number of hydrogen-bond donors (Lipinski definition) is 0. The van der Waals surface area contributed by atoms with E-state index in [1.54, 1.807) is 39.4 Å². The van der Waals surface area contributed by atoms with Gasteiger partial charge in [-0.3, -0.25) is 0 Å². The van der Waals surface area contributed by atoms with Crippen LogP contribution < -0.4 is 0 Å². The van der Waals surface area contributed by atoms with Gasteiger partial charge in [0.1, 0.15) is 0 Å². The number of benzene rings is 1. The standard InChI is InChI=1S/C14H16BrN3O2S/c15-12-10-16-18(11-12)13-4-6-14(7-5-13)21(19,20)17-8-2-1-3-9-17/h4-7,10-11H,1-3,8-9H2. The monoisotopic (exact) mass is 369 g/mol. The third-order valence-electron chi connectivity index (χ3n) is 3.61. The lowest BCUT2D eigenvalue weighted by atomic mass is 10.2. The molecule has 21 heavy (non-hydrogen) atoms. The molecule has 1 aliphatic heterocycles. The molecule has 1 aromatic heterocycles. The van der Waals surface area contributed by atoms with Gasteiger partial charge in [0.05, 0.1) is 21.3 Å². The Morgan fingerprint density at radius 3 is 2.29 bits per heavy atom. The van der Waals surface area contributed by atoms with Gasteiger partial charge in [-0.05, 0) is 53.0 Å². The maximum Gasteiger partial charge on any atom is 0.243 e. The van der Waals surface area contributed by atoms with Crippen LogP contribution in [0.1, 0.15) is 19.3 Å². The van der Waals surface area contributed by atoms with E-state index in [9.17, 15) is 8.42 Å². The van der Waals surface area contributed by atoms with Crippen molar-refractivity contribution in [3.8, 4) is 5.69 Å². The van der Waals surface area contributed by atoms with E-state index in [-0.39, 0.29) is 0 Å². The van der Waals surface area contributed by atoms with Gasteiger partial charge < -0.3 is 0 Å². The quantitative estimate of drug-likeness (QED) is 0.835. The molecule has 0 bridgehead atoms. The molecule has 2 aromatic rings. The molecule has 3 rings (SSSR count). The van der Waals surface area contributed by atoms with Crippen molar-refractivity contribution in [3.63, 3.8) is 0 Å². The summed E-state index contributed by atoms with van der Waals surface area (Å²) in [4.78, 5) is 0.347. The van der Waals surface area contributed by atoms with Crippen molar-refractivity contribution in [2.24, 2.45) is 0 Å². The second-order valence-corrected chi connectivity index (χ2v) is 7.92. The Bertz CT molecular complexity index is 719. The molecule has 0 unspecified atom stereocenters. The second kappa shape index (κ2) is 5.90. The Kier molecular flexibility index (Phi) is 4.14. The summed E-state index contributed by atoms with van der Waals surface area (Å²) < 4.78 is 29.2. The number of sulfonamides is 1. The third-order valence-corrected chi connectivity index (χ3v) is 5.93. The first-order chi connectivity index (χ1) is 10.1. The average molecular weight is 370 g/mol. The predicted octanol–water partition coefficient (Wildman–Crippen LogP) is 2.81. The second-order valence-electron chi connectivity index (χ2n) is 5.06. The zero-order valence-electron chi connectivity index (χ0n) is 11.4. The van der Waals surface area contributed by atoms with E-state index < -0.39 is 10.0 Å². The Morgan fingerprint density at radius 1 is 1.05 bits per heavy atom. The lowest BCUT2D eigenvalue weighted by Crippen LogP contribution is -2.35. The highest BCUT2D eigenvalue weighted by Gasteiger charge is 2.25. The fourth-order valence-corrected chi connectivity index (χ4v) is 4.27. The minimum Gasteiger partial charge on any atom is -0.240 e. The average Bonchev–Trinajstić information content (AvgIpc) is 2.95. The lowest BCUT2D eigenvalue weighted by molar-refractivity contribution is 0.346. The van der Waals surface area contributed by atoms with Gasteiger partial charge in [-0.25, -0.2) is 13.1 Å². The smallest absolute Gasteiger partial charge is 0.240 e. The number of aromatic nitrogens is 2. The highest BCUT2D eigenvalue weighted by molar-refractivity contribution is 9.10. The topological polar surface area (TPSA) is 55.2 Å². The van der Waals surface area contributed by atoms with Crippen LogP contribution in [0.2, 0.25) is 0 Å². The first kappa shape index (κ1) is 14.7. The van der Waals surface area contributed by atoms with Crippen LogP contribution in [-0.2, 0) is 10.0 Å². The van der Waals surface area contributed by atoms with E-state index in [0.29, 0.717) is 18.0 Å². The van der Waals surface area contributed by atoms with Crippen molar-refractivity contribution in [2.75, 3.05) is 13.1 Å². The van der Waals surface area contributed by atoms with Crippen LogP contribution in [0.4, 0.5) is 0 Å². The van der Waals surface area contributed by atoms with Gasteiger partial charge >= 0.3 is 0 Å². The SMILES string of the molecule is O=S(=O)(c1ccc(-n2cc(Br)cn2)cc1)N1CCCCC1. The van der Waals surface area contributed by atoms with Crippen molar-refractivity contribution in [2.45, 2.75) is 24.2 Å². The zero-order chi connectivity index (χ0) is 14.9. The van der Waals surface area contributed by atoms with Crippen LogP contribution in [0, 0.1) is 0 Å². The molecule has 7 heteroatoms. The lowest BCUT2D eigenvalue weighted by Gasteiger charge is -2.25. The molecule has 0 aliphatic carbocycles. The summed E-state index contributed by atoms with van der Waals surface area (Å²) in [7, 11) is -3.36. The van der Waals surface area contributed by atoms with Gasteiger partial charge in [-0.15, -0.1) is 0 Å².